The Morgan fingerprint density at radius 2 is 2.18 bits per heavy atom. The summed E-state index contributed by atoms with van der Waals surface area (Å²) in [5.41, 5.74) is 0.889. The largest absolute Gasteiger partial charge is 0.394 e. The number of benzene rings is 1. The van der Waals surface area contributed by atoms with Crippen LogP contribution in [-0.4, -0.2) is 52.1 Å². The molecular formula is C15H23NO5S. The SMILES string of the molecule is Cc1ccc(C)c(S(=O)(=O)NCC2(OCCO)CCOC2)c1. The van der Waals surface area contributed by atoms with Crippen LogP contribution in [0.3, 0.4) is 0 Å². The first-order valence-corrected chi connectivity index (χ1v) is 8.76. The molecule has 2 rings (SSSR count). The predicted molar refractivity (Wildman–Crippen MR) is 82.3 cm³/mol. The van der Waals surface area contributed by atoms with Crippen molar-refractivity contribution < 1.29 is 23.0 Å². The third kappa shape index (κ3) is 4.05. The van der Waals surface area contributed by atoms with Crippen molar-refractivity contribution in [3.8, 4) is 0 Å². The zero-order valence-corrected chi connectivity index (χ0v) is 13.8. The molecule has 22 heavy (non-hydrogen) atoms. The lowest BCUT2D eigenvalue weighted by Gasteiger charge is -2.27. The Bertz CT molecular complexity index is 608. The van der Waals surface area contributed by atoms with E-state index in [4.69, 9.17) is 14.6 Å². The molecule has 0 aromatic heterocycles. The molecule has 1 unspecified atom stereocenters. The second-order valence-electron chi connectivity index (χ2n) is 5.65. The van der Waals surface area contributed by atoms with E-state index in [0.29, 0.717) is 25.2 Å². The predicted octanol–water partition coefficient (Wildman–Crippen LogP) is 0.750. The Morgan fingerprint density at radius 1 is 1.41 bits per heavy atom. The standard InChI is InChI=1S/C15H23NO5S/c1-12-3-4-13(2)14(9-12)22(18,19)16-10-15(21-8-6-17)5-7-20-11-15/h3-4,9,16-17H,5-8,10-11H2,1-2H3. The third-order valence-corrected chi connectivity index (χ3v) is 5.33. The van der Waals surface area contributed by atoms with Crippen molar-refractivity contribution >= 4 is 10.0 Å². The second kappa shape index (κ2) is 7.06. The maximum atomic E-state index is 12.5. The highest BCUT2D eigenvalue weighted by Gasteiger charge is 2.37. The molecule has 0 spiro atoms. The lowest BCUT2D eigenvalue weighted by Crippen LogP contribution is -2.46. The van der Waals surface area contributed by atoms with Gasteiger partial charge in [-0.15, -0.1) is 0 Å². The molecule has 1 aliphatic heterocycles. The van der Waals surface area contributed by atoms with E-state index in [1.165, 1.54) is 0 Å². The Kier molecular flexibility index (Phi) is 5.57. The molecule has 0 bridgehead atoms. The Labute approximate surface area is 131 Å². The van der Waals surface area contributed by atoms with E-state index in [0.717, 1.165) is 5.56 Å². The molecule has 1 aromatic rings. The molecule has 1 saturated heterocycles. The van der Waals surface area contributed by atoms with Gasteiger partial charge < -0.3 is 14.6 Å². The van der Waals surface area contributed by atoms with Gasteiger partial charge >= 0.3 is 0 Å². The van der Waals surface area contributed by atoms with Gasteiger partial charge in [-0.2, -0.15) is 0 Å². The Balaban J connectivity index is 2.12. The highest BCUT2D eigenvalue weighted by Crippen LogP contribution is 2.24. The first kappa shape index (κ1) is 17.4. The molecule has 124 valence electrons. The summed E-state index contributed by atoms with van der Waals surface area (Å²) >= 11 is 0. The van der Waals surface area contributed by atoms with Crippen molar-refractivity contribution in [1.82, 2.24) is 4.72 Å². The molecule has 1 aromatic carbocycles. The van der Waals surface area contributed by atoms with Crippen molar-refractivity contribution in [3.05, 3.63) is 29.3 Å². The monoisotopic (exact) mass is 329 g/mol. The van der Waals surface area contributed by atoms with Crippen LogP contribution in [-0.2, 0) is 19.5 Å². The number of hydrogen-bond donors (Lipinski definition) is 2. The number of aryl methyl sites for hydroxylation is 2. The van der Waals surface area contributed by atoms with Gasteiger partial charge in [-0.05, 0) is 31.0 Å². The van der Waals surface area contributed by atoms with Gasteiger partial charge in [0.15, 0.2) is 0 Å². The fraction of sp³-hybridized carbons (Fsp3) is 0.600. The summed E-state index contributed by atoms with van der Waals surface area (Å²) in [6.45, 7) is 4.65. The fourth-order valence-electron chi connectivity index (χ4n) is 2.46. The van der Waals surface area contributed by atoms with Gasteiger partial charge in [0.2, 0.25) is 10.0 Å². The maximum Gasteiger partial charge on any atom is 0.240 e. The van der Waals surface area contributed by atoms with Crippen LogP contribution in [0.1, 0.15) is 17.5 Å². The minimum Gasteiger partial charge on any atom is -0.394 e. The molecule has 0 saturated carbocycles. The average Bonchev–Trinajstić information content (AvgIpc) is 2.95. The zero-order valence-electron chi connectivity index (χ0n) is 13.0. The zero-order chi connectivity index (χ0) is 16.2. The molecule has 2 N–H and O–H groups in total. The smallest absolute Gasteiger partial charge is 0.240 e. The molecule has 0 radical (unpaired) electrons. The normalized spacial score (nSPS) is 22.1. The highest BCUT2D eigenvalue weighted by atomic mass is 32.2. The maximum absolute atomic E-state index is 12.5. The van der Waals surface area contributed by atoms with Gasteiger partial charge in [-0.3, -0.25) is 0 Å². The minimum atomic E-state index is -3.61. The van der Waals surface area contributed by atoms with Crippen LogP contribution in [0.2, 0.25) is 0 Å². The van der Waals surface area contributed by atoms with E-state index in [9.17, 15) is 8.42 Å². The summed E-state index contributed by atoms with van der Waals surface area (Å²) < 4.78 is 38.6. The lowest BCUT2D eigenvalue weighted by atomic mass is 10.0. The van der Waals surface area contributed by atoms with Gasteiger partial charge in [0.1, 0.15) is 5.60 Å². The number of rotatable bonds is 7. The quantitative estimate of drug-likeness (QED) is 0.771. The van der Waals surface area contributed by atoms with E-state index >= 15 is 0 Å². The van der Waals surface area contributed by atoms with Gasteiger partial charge in [-0.25, -0.2) is 13.1 Å². The van der Waals surface area contributed by atoms with Crippen LogP contribution in [0.25, 0.3) is 0 Å². The molecular weight excluding hydrogens is 306 g/mol. The summed E-state index contributed by atoms with van der Waals surface area (Å²) in [5.74, 6) is 0. The summed E-state index contributed by atoms with van der Waals surface area (Å²) in [6, 6.07) is 5.33. The van der Waals surface area contributed by atoms with Gasteiger partial charge in [0, 0.05) is 19.6 Å². The van der Waals surface area contributed by atoms with Gasteiger partial charge in [-0.1, -0.05) is 12.1 Å². The molecule has 6 nitrogen and oxygen atoms in total. The van der Waals surface area contributed by atoms with Gasteiger partial charge in [0.25, 0.3) is 0 Å². The summed E-state index contributed by atoms with van der Waals surface area (Å²) in [5, 5.41) is 8.91. The average molecular weight is 329 g/mol. The molecule has 1 fully saturated rings. The number of nitrogens with one attached hydrogen (secondary N) is 1. The van der Waals surface area contributed by atoms with E-state index in [1.807, 2.05) is 13.0 Å². The molecule has 7 heteroatoms. The van der Waals surface area contributed by atoms with Crippen LogP contribution in [0, 0.1) is 13.8 Å². The summed E-state index contributed by atoms with van der Waals surface area (Å²) in [4.78, 5) is 0.281. The molecule has 1 heterocycles. The number of ether oxygens (including phenoxy) is 2. The van der Waals surface area contributed by atoms with Crippen LogP contribution in [0.15, 0.2) is 23.1 Å². The number of aliphatic hydroxyl groups excluding tert-OH is 1. The highest BCUT2D eigenvalue weighted by molar-refractivity contribution is 7.89. The van der Waals surface area contributed by atoms with Crippen molar-refractivity contribution in [2.45, 2.75) is 30.8 Å². The third-order valence-electron chi connectivity index (χ3n) is 3.78. The topological polar surface area (TPSA) is 84.9 Å². The number of aliphatic hydroxyl groups is 1. The summed E-state index contributed by atoms with van der Waals surface area (Å²) in [7, 11) is -3.61. The number of hydrogen-bond acceptors (Lipinski definition) is 5. The molecule has 1 aliphatic rings. The first-order chi connectivity index (χ1) is 10.4. The van der Waals surface area contributed by atoms with Crippen LogP contribution >= 0.6 is 0 Å². The van der Waals surface area contributed by atoms with Gasteiger partial charge in [0.05, 0.1) is 24.7 Å². The van der Waals surface area contributed by atoms with Crippen LogP contribution in [0.4, 0.5) is 0 Å². The minimum absolute atomic E-state index is 0.106. The first-order valence-electron chi connectivity index (χ1n) is 7.28. The van der Waals surface area contributed by atoms with Crippen molar-refractivity contribution in [3.63, 3.8) is 0 Å². The Morgan fingerprint density at radius 3 is 2.82 bits per heavy atom. The second-order valence-corrected chi connectivity index (χ2v) is 7.39. The van der Waals surface area contributed by atoms with E-state index in [-0.39, 0.29) is 24.7 Å². The van der Waals surface area contributed by atoms with Crippen LogP contribution in [0.5, 0.6) is 0 Å². The van der Waals surface area contributed by atoms with Crippen LogP contribution < -0.4 is 4.72 Å². The number of sulfonamides is 1. The van der Waals surface area contributed by atoms with Crippen molar-refractivity contribution in [1.29, 1.82) is 0 Å². The molecule has 0 amide bonds. The Hall–Kier alpha value is -0.990. The van der Waals surface area contributed by atoms with E-state index < -0.39 is 15.6 Å². The van der Waals surface area contributed by atoms with E-state index in [2.05, 4.69) is 4.72 Å². The molecule has 0 aliphatic carbocycles. The summed E-state index contributed by atoms with van der Waals surface area (Å²) in [6.07, 6.45) is 0.600. The molecule has 1 atom stereocenters. The van der Waals surface area contributed by atoms with E-state index in [1.54, 1.807) is 19.1 Å². The fourth-order valence-corrected chi connectivity index (χ4v) is 3.90. The van der Waals surface area contributed by atoms with Crippen molar-refractivity contribution in [2.75, 3.05) is 33.0 Å². The lowest BCUT2D eigenvalue weighted by molar-refractivity contribution is -0.0566. The van der Waals surface area contributed by atoms with Crippen molar-refractivity contribution in [2.24, 2.45) is 0 Å².